The highest BCUT2D eigenvalue weighted by molar-refractivity contribution is 6.08. The Hall–Kier alpha value is -5.61. The standard InChI is InChI=1S/C42H38N4/c1-5-6-25-43-31(4)35-26-34(30(3)38-23-15-16-24-39(38)37-22-14-13-17-29(37)2)27-36(28-35)42-45-40(32-18-9-7-10-19-32)44-41(46-42)33-20-11-8-12-21-33/h5-20,22-28,33,42H,3-4,21H2,1-2H3,(H,44,45,46)/b6-5-,43-25-. The molecule has 0 fully saturated rings. The summed E-state index contributed by atoms with van der Waals surface area (Å²) >= 11 is 0. The van der Waals surface area contributed by atoms with E-state index in [1.165, 1.54) is 11.1 Å². The molecule has 46 heavy (non-hydrogen) atoms. The minimum absolute atomic E-state index is 0.104. The average Bonchev–Trinajstić information content (AvgIpc) is 3.12. The quantitative estimate of drug-likeness (QED) is 0.192. The Morgan fingerprint density at radius 1 is 0.870 bits per heavy atom. The summed E-state index contributed by atoms with van der Waals surface area (Å²) in [5, 5.41) is 3.64. The SMILES string of the molecule is C=C(/N=C\C=C/C)c1cc(C(=C)c2ccccc2-c2ccccc2C)cc(C2N=C(C3C=CC=CC3)N=C(c3ccccc3)N2)c1. The molecule has 0 saturated heterocycles. The van der Waals surface area contributed by atoms with E-state index in [0.717, 1.165) is 57.0 Å². The van der Waals surface area contributed by atoms with Gasteiger partial charge in [-0.25, -0.2) is 9.98 Å². The Bertz CT molecular complexity index is 1950. The Morgan fingerprint density at radius 3 is 2.37 bits per heavy atom. The smallest absolute Gasteiger partial charge is 0.148 e. The van der Waals surface area contributed by atoms with E-state index in [9.17, 15) is 0 Å². The molecule has 6 rings (SSSR count). The van der Waals surface area contributed by atoms with Crippen molar-refractivity contribution in [3.05, 3.63) is 180 Å². The summed E-state index contributed by atoms with van der Waals surface area (Å²) in [7, 11) is 0. The first kappa shape index (κ1) is 30.4. The van der Waals surface area contributed by atoms with Crippen molar-refractivity contribution in [2.45, 2.75) is 26.4 Å². The maximum Gasteiger partial charge on any atom is 0.148 e. The van der Waals surface area contributed by atoms with Gasteiger partial charge in [0, 0.05) is 23.3 Å². The third-order valence-electron chi connectivity index (χ3n) is 8.27. The molecule has 1 aliphatic heterocycles. The summed E-state index contributed by atoms with van der Waals surface area (Å²) in [5.74, 6) is 1.72. The maximum absolute atomic E-state index is 5.20. The van der Waals surface area contributed by atoms with Crippen molar-refractivity contribution < 1.29 is 0 Å². The number of allylic oxidation sites excluding steroid dienone is 5. The number of benzene rings is 4. The fourth-order valence-corrected chi connectivity index (χ4v) is 5.78. The van der Waals surface area contributed by atoms with E-state index >= 15 is 0 Å². The Labute approximate surface area is 272 Å². The molecule has 4 aromatic carbocycles. The van der Waals surface area contributed by atoms with Crippen molar-refractivity contribution in [2.75, 3.05) is 0 Å². The van der Waals surface area contributed by atoms with Gasteiger partial charge in [-0.15, -0.1) is 0 Å². The van der Waals surface area contributed by atoms with E-state index in [-0.39, 0.29) is 12.1 Å². The summed E-state index contributed by atoms with van der Waals surface area (Å²) in [4.78, 5) is 14.9. The summed E-state index contributed by atoms with van der Waals surface area (Å²) in [6, 6.07) is 33.6. The predicted octanol–water partition coefficient (Wildman–Crippen LogP) is 9.92. The van der Waals surface area contributed by atoms with Crippen molar-refractivity contribution in [1.29, 1.82) is 0 Å². The molecule has 2 unspecified atom stereocenters. The second-order valence-electron chi connectivity index (χ2n) is 11.4. The zero-order valence-corrected chi connectivity index (χ0v) is 26.4. The van der Waals surface area contributed by atoms with Crippen LogP contribution in [0, 0.1) is 12.8 Å². The second-order valence-corrected chi connectivity index (χ2v) is 11.4. The van der Waals surface area contributed by atoms with E-state index in [0.29, 0.717) is 5.70 Å². The molecule has 1 N–H and O–H groups in total. The highest BCUT2D eigenvalue weighted by atomic mass is 15.2. The molecule has 2 atom stereocenters. The fraction of sp³-hybridized carbons (Fsp3) is 0.119. The van der Waals surface area contributed by atoms with Crippen LogP contribution >= 0.6 is 0 Å². The van der Waals surface area contributed by atoms with Crippen LogP contribution < -0.4 is 5.32 Å². The lowest BCUT2D eigenvalue weighted by atomic mass is 9.88. The van der Waals surface area contributed by atoms with E-state index in [1.807, 2.05) is 37.3 Å². The molecule has 0 spiro atoms. The van der Waals surface area contributed by atoms with Gasteiger partial charge >= 0.3 is 0 Å². The number of nitrogens with one attached hydrogen (secondary N) is 1. The van der Waals surface area contributed by atoms with Gasteiger partial charge in [0.25, 0.3) is 0 Å². The lowest BCUT2D eigenvalue weighted by molar-refractivity contribution is 0.658. The first-order chi connectivity index (χ1) is 22.5. The Kier molecular flexibility index (Phi) is 9.26. The summed E-state index contributed by atoms with van der Waals surface area (Å²) < 4.78 is 0. The van der Waals surface area contributed by atoms with Gasteiger partial charge in [0.15, 0.2) is 0 Å². The van der Waals surface area contributed by atoms with Gasteiger partial charge in [-0.05, 0) is 83.5 Å². The van der Waals surface area contributed by atoms with Gasteiger partial charge in [-0.3, -0.25) is 4.99 Å². The molecular weight excluding hydrogens is 560 g/mol. The molecular formula is C42H38N4. The van der Waals surface area contributed by atoms with Gasteiger partial charge in [0.2, 0.25) is 0 Å². The Balaban J connectivity index is 1.47. The number of nitrogens with zero attached hydrogens (tertiary/aromatic N) is 3. The normalized spacial score (nSPS) is 17.5. The van der Waals surface area contributed by atoms with Crippen LogP contribution in [-0.2, 0) is 0 Å². The van der Waals surface area contributed by atoms with Crippen molar-refractivity contribution in [2.24, 2.45) is 20.9 Å². The van der Waals surface area contributed by atoms with Crippen LogP contribution in [0.15, 0.2) is 162 Å². The molecule has 0 radical (unpaired) electrons. The largest absolute Gasteiger partial charge is 0.344 e. The van der Waals surface area contributed by atoms with Crippen molar-refractivity contribution in [1.82, 2.24) is 5.32 Å². The molecule has 226 valence electrons. The highest BCUT2D eigenvalue weighted by Gasteiger charge is 2.25. The maximum atomic E-state index is 5.20. The van der Waals surface area contributed by atoms with Crippen molar-refractivity contribution in [3.8, 4) is 11.1 Å². The van der Waals surface area contributed by atoms with E-state index in [4.69, 9.17) is 9.98 Å². The van der Waals surface area contributed by atoms with Gasteiger partial charge in [0.1, 0.15) is 17.8 Å². The summed E-state index contributed by atoms with van der Waals surface area (Å²) in [6.07, 6.45) is 14.6. The van der Waals surface area contributed by atoms with Gasteiger partial charge < -0.3 is 5.32 Å². The van der Waals surface area contributed by atoms with Crippen LogP contribution in [0.5, 0.6) is 0 Å². The van der Waals surface area contributed by atoms with Crippen molar-refractivity contribution >= 4 is 29.2 Å². The van der Waals surface area contributed by atoms with E-state index in [2.05, 4.69) is 134 Å². The van der Waals surface area contributed by atoms with Crippen LogP contribution in [0.25, 0.3) is 22.4 Å². The average molecular weight is 599 g/mol. The minimum Gasteiger partial charge on any atom is -0.344 e. The third-order valence-corrected chi connectivity index (χ3v) is 8.27. The Morgan fingerprint density at radius 2 is 1.61 bits per heavy atom. The molecule has 0 saturated carbocycles. The predicted molar refractivity (Wildman–Crippen MR) is 196 cm³/mol. The lowest BCUT2D eigenvalue weighted by Crippen LogP contribution is -2.35. The van der Waals surface area contributed by atoms with Crippen molar-refractivity contribution in [3.63, 3.8) is 0 Å². The highest BCUT2D eigenvalue weighted by Crippen LogP contribution is 2.36. The molecule has 1 heterocycles. The third kappa shape index (κ3) is 6.72. The monoisotopic (exact) mass is 598 g/mol. The second kappa shape index (κ2) is 14.0. The van der Waals surface area contributed by atoms with E-state index < -0.39 is 0 Å². The molecule has 4 aromatic rings. The van der Waals surface area contributed by atoms with E-state index in [1.54, 1.807) is 6.21 Å². The molecule has 1 aliphatic carbocycles. The number of rotatable bonds is 9. The van der Waals surface area contributed by atoms with Crippen LogP contribution in [0.4, 0.5) is 0 Å². The zero-order valence-electron chi connectivity index (χ0n) is 26.4. The molecule has 4 nitrogen and oxygen atoms in total. The van der Waals surface area contributed by atoms with Crippen LogP contribution in [0.1, 0.15) is 52.9 Å². The zero-order chi connectivity index (χ0) is 31.9. The van der Waals surface area contributed by atoms with Gasteiger partial charge in [0.05, 0.1) is 5.70 Å². The number of hydrogen-bond donors (Lipinski definition) is 1. The van der Waals surface area contributed by atoms with Crippen LogP contribution in [-0.4, -0.2) is 17.9 Å². The fourth-order valence-electron chi connectivity index (χ4n) is 5.78. The number of aliphatic imine (C=N–C) groups is 3. The topological polar surface area (TPSA) is 49.1 Å². The number of amidine groups is 2. The molecule has 0 amide bonds. The molecule has 0 bridgehead atoms. The van der Waals surface area contributed by atoms with Gasteiger partial charge in [-0.1, -0.05) is 122 Å². The molecule has 2 aliphatic rings. The minimum atomic E-state index is -0.368. The number of hydrogen-bond acceptors (Lipinski definition) is 4. The number of aryl methyl sites for hydroxylation is 1. The first-order valence-corrected chi connectivity index (χ1v) is 15.7. The molecule has 0 aromatic heterocycles. The van der Waals surface area contributed by atoms with Crippen LogP contribution in [0.2, 0.25) is 0 Å². The first-order valence-electron chi connectivity index (χ1n) is 15.7. The molecule has 4 heteroatoms. The summed E-state index contributed by atoms with van der Waals surface area (Å²) in [6.45, 7) is 13.1. The van der Waals surface area contributed by atoms with Crippen LogP contribution in [0.3, 0.4) is 0 Å². The lowest BCUT2D eigenvalue weighted by Gasteiger charge is -2.27. The summed E-state index contributed by atoms with van der Waals surface area (Å²) in [5.41, 5.74) is 10.1. The van der Waals surface area contributed by atoms with Gasteiger partial charge in [-0.2, -0.15) is 0 Å².